The standard InChI is InChI=1S/C13H18ClFN2O2S/c1-16-8-10-4-3-7-17(9-10)20(18,19)13-11(14)5-2-6-12(13)15/h2,5-6,10,16H,3-4,7-9H2,1H3. The van der Waals surface area contributed by atoms with E-state index in [4.69, 9.17) is 11.6 Å². The first-order valence-electron chi connectivity index (χ1n) is 6.55. The van der Waals surface area contributed by atoms with E-state index in [1.165, 1.54) is 16.4 Å². The second-order valence-electron chi connectivity index (χ2n) is 4.98. The van der Waals surface area contributed by atoms with E-state index in [1.807, 2.05) is 7.05 Å². The predicted octanol–water partition coefficient (Wildman–Crippen LogP) is 2.10. The van der Waals surface area contributed by atoms with Gasteiger partial charge in [-0.1, -0.05) is 17.7 Å². The Morgan fingerprint density at radius 1 is 1.50 bits per heavy atom. The molecule has 0 aromatic heterocycles. The van der Waals surface area contributed by atoms with Crippen molar-refractivity contribution in [2.24, 2.45) is 5.92 Å². The Morgan fingerprint density at radius 3 is 2.90 bits per heavy atom. The molecule has 0 spiro atoms. The van der Waals surface area contributed by atoms with Crippen LogP contribution < -0.4 is 5.32 Å². The molecular weight excluding hydrogens is 303 g/mol. The van der Waals surface area contributed by atoms with Crippen molar-refractivity contribution in [1.29, 1.82) is 0 Å². The second-order valence-corrected chi connectivity index (χ2v) is 7.26. The van der Waals surface area contributed by atoms with E-state index in [1.54, 1.807) is 0 Å². The number of piperidine rings is 1. The molecule has 1 fully saturated rings. The van der Waals surface area contributed by atoms with Crippen molar-refractivity contribution in [1.82, 2.24) is 9.62 Å². The summed E-state index contributed by atoms with van der Waals surface area (Å²) in [6, 6.07) is 3.91. The first-order valence-corrected chi connectivity index (χ1v) is 8.37. The molecule has 1 unspecified atom stereocenters. The molecule has 4 nitrogen and oxygen atoms in total. The van der Waals surface area contributed by atoms with Crippen molar-refractivity contribution < 1.29 is 12.8 Å². The maximum Gasteiger partial charge on any atom is 0.247 e. The molecular formula is C13H18ClFN2O2S. The van der Waals surface area contributed by atoms with Crippen LogP contribution in [0.5, 0.6) is 0 Å². The summed E-state index contributed by atoms with van der Waals surface area (Å²) in [7, 11) is -2.04. The molecule has 20 heavy (non-hydrogen) atoms. The van der Waals surface area contributed by atoms with Crippen molar-refractivity contribution in [2.45, 2.75) is 17.7 Å². The molecule has 1 heterocycles. The largest absolute Gasteiger partial charge is 0.319 e. The fourth-order valence-electron chi connectivity index (χ4n) is 2.56. The summed E-state index contributed by atoms with van der Waals surface area (Å²) in [6.07, 6.45) is 1.75. The lowest BCUT2D eigenvalue weighted by Crippen LogP contribution is -2.42. The monoisotopic (exact) mass is 320 g/mol. The third kappa shape index (κ3) is 3.14. The number of hydrogen-bond donors (Lipinski definition) is 1. The lowest BCUT2D eigenvalue weighted by atomic mass is 10.00. The molecule has 1 atom stereocenters. The Kier molecular flexibility index (Phi) is 5.01. The van der Waals surface area contributed by atoms with Gasteiger partial charge in [-0.25, -0.2) is 12.8 Å². The Hall–Kier alpha value is -0.690. The highest BCUT2D eigenvalue weighted by atomic mass is 35.5. The highest BCUT2D eigenvalue weighted by Gasteiger charge is 2.33. The lowest BCUT2D eigenvalue weighted by Gasteiger charge is -2.32. The van der Waals surface area contributed by atoms with Crippen LogP contribution in [0.3, 0.4) is 0 Å². The third-order valence-electron chi connectivity index (χ3n) is 3.49. The summed E-state index contributed by atoms with van der Waals surface area (Å²) in [4.78, 5) is -0.410. The van der Waals surface area contributed by atoms with Gasteiger partial charge in [-0.3, -0.25) is 0 Å². The van der Waals surface area contributed by atoms with E-state index >= 15 is 0 Å². The van der Waals surface area contributed by atoms with Gasteiger partial charge in [-0.2, -0.15) is 4.31 Å². The number of nitrogens with one attached hydrogen (secondary N) is 1. The number of halogens is 2. The molecule has 1 aliphatic heterocycles. The van der Waals surface area contributed by atoms with Gasteiger partial charge in [0.25, 0.3) is 0 Å². The highest BCUT2D eigenvalue weighted by Crippen LogP contribution is 2.30. The molecule has 0 radical (unpaired) electrons. The smallest absolute Gasteiger partial charge is 0.247 e. The fourth-order valence-corrected chi connectivity index (χ4v) is 4.68. The first kappa shape index (κ1) is 15.7. The molecule has 0 amide bonds. The van der Waals surface area contributed by atoms with Gasteiger partial charge >= 0.3 is 0 Å². The predicted molar refractivity (Wildman–Crippen MR) is 76.8 cm³/mol. The normalized spacial score (nSPS) is 21.1. The number of rotatable bonds is 4. The van der Waals surface area contributed by atoms with Crippen LogP contribution in [0.15, 0.2) is 23.1 Å². The van der Waals surface area contributed by atoms with E-state index in [-0.39, 0.29) is 10.9 Å². The number of nitrogens with zero attached hydrogens (tertiary/aromatic N) is 1. The molecule has 112 valence electrons. The minimum absolute atomic E-state index is 0.0688. The van der Waals surface area contributed by atoms with Crippen LogP contribution in [0.25, 0.3) is 0 Å². The highest BCUT2D eigenvalue weighted by molar-refractivity contribution is 7.89. The molecule has 0 saturated carbocycles. The fraction of sp³-hybridized carbons (Fsp3) is 0.538. The number of benzene rings is 1. The third-order valence-corrected chi connectivity index (χ3v) is 5.86. The average molecular weight is 321 g/mol. The van der Waals surface area contributed by atoms with Crippen LogP contribution in [0.2, 0.25) is 5.02 Å². The summed E-state index contributed by atoms with van der Waals surface area (Å²) >= 11 is 5.87. The van der Waals surface area contributed by atoms with E-state index in [2.05, 4.69) is 5.32 Å². The van der Waals surface area contributed by atoms with E-state index in [9.17, 15) is 12.8 Å². The van der Waals surface area contributed by atoms with Crippen molar-refractivity contribution in [3.63, 3.8) is 0 Å². The minimum atomic E-state index is -3.88. The zero-order chi connectivity index (χ0) is 14.8. The zero-order valence-corrected chi connectivity index (χ0v) is 12.8. The maximum absolute atomic E-state index is 13.8. The molecule has 0 bridgehead atoms. The topological polar surface area (TPSA) is 49.4 Å². The van der Waals surface area contributed by atoms with Crippen LogP contribution in [-0.4, -0.2) is 39.4 Å². The second kappa shape index (κ2) is 6.39. The summed E-state index contributed by atoms with van der Waals surface area (Å²) in [6.45, 7) is 1.55. The van der Waals surface area contributed by atoms with Crippen LogP contribution in [0.4, 0.5) is 4.39 Å². The van der Waals surface area contributed by atoms with Crippen LogP contribution in [0.1, 0.15) is 12.8 Å². The van der Waals surface area contributed by atoms with Gasteiger partial charge in [-0.05, 0) is 44.5 Å². The molecule has 1 aromatic rings. The summed E-state index contributed by atoms with van der Waals surface area (Å²) < 4.78 is 40.3. The Bertz CT molecular complexity index is 557. The lowest BCUT2D eigenvalue weighted by molar-refractivity contribution is 0.263. The van der Waals surface area contributed by atoms with Gasteiger partial charge in [0.05, 0.1) is 5.02 Å². The summed E-state index contributed by atoms with van der Waals surface area (Å²) in [5.41, 5.74) is 0. The van der Waals surface area contributed by atoms with Gasteiger partial charge < -0.3 is 5.32 Å². The average Bonchev–Trinajstić information content (AvgIpc) is 2.39. The van der Waals surface area contributed by atoms with Gasteiger partial charge in [0.2, 0.25) is 10.0 Å². The quantitative estimate of drug-likeness (QED) is 0.924. The van der Waals surface area contributed by atoms with E-state index in [0.717, 1.165) is 25.5 Å². The van der Waals surface area contributed by atoms with Crippen LogP contribution in [0, 0.1) is 11.7 Å². The molecule has 1 saturated heterocycles. The van der Waals surface area contributed by atoms with Crippen LogP contribution in [-0.2, 0) is 10.0 Å². The molecule has 1 aromatic carbocycles. The van der Waals surface area contributed by atoms with Gasteiger partial charge in [0, 0.05) is 13.1 Å². The van der Waals surface area contributed by atoms with Crippen molar-refractivity contribution in [3.05, 3.63) is 29.0 Å². The summed E-state index contributed by atoms with van der Waals surface area (Å²) in [5, 5.41) is 2.98. The Balaban J connectivity index is 2.30. The van der Waals surface area contributed by atoms with E-state index < -0.39 is 20.7 Å². The first-order chi connectivity index (χ1) is 9.46. The van der Waals surface area contributed by atoms with Gasteiger partial charge in [-0.15, -0.1) is 0 Å². The SMILES string of the molecule is CNCC1CCCN(S(=O)(=O)c2c(F)cccc2Cl)C1. The molecule has 1 aliphatic rings. The molecule has 0 aliphatic carbocycles. The zero-order valence-electron chi connectivity index (χ0n) is 11.3. The molecule has 7 heteroatoms. The Labute approximate surface area is 124 Å². The number of sulfonamides is 1. The van der Waals surface area contributed by atoms with Crippen molar-refractivity contribution in [2.75, 3.05) is 26.7 Å². The molecule has 2 rings (SSSR count). The summed E-state index contributed by atoms with van der Waals surface area (Å²) in [5.74, 6) is -0.553. The number of hydrogen-bond acceptors (Lipinski definition) is 3. The Morgan fingerprint density at radius 2 is 2.25 bits per heavy atom. The molecule has 1 N–H and O–H groups in total. The van der Waals surface area contributed by atoms with Gasteiger partial charge in [0.15, 0.2) is 0 Å². The van der Waals surface area contributed by atoms with Gasteiger partial charge in [0.1, 0.15) is 10.7 Å². The van der Waals surface area contributed by atoms with Crippen molar-refractivity contribution >= 4 is 21.6 Å². The van der Waals surface area contributed by atoms with Crippen LogP contribution >= 0.6 is 11.6 Å². The van der Waals surface area contributed by atoms with E-state index in [0.29, 0.717) is 13.1 Å². The maximum atomic E-state index is 13.8. The minimum Gasteiger partial charge on any atom is -0.319 e. The van der Waals surface area contributed by atoms with Crippen molar-refractivity contribution in [3.8, 4) is 0 Å².